The van der Waals surface area contributed by atoms with E-state index in [1.54, 1.807) is 56.2 Å². The summed E-state index contributed by atoms with van der Waals surface area (Å²) in [6.45, 7) is 1.12. The van der Waals surface area contributed by atoms with Crippen LogP contribution in [0.3, 0.4) is 0 Å². The second-order valence-corrected chi connectivity index (χ2v) is 8.57. The summed E-state index contributed by atoms with van der Waals surface area (Å²) in [5.74, 6) is 2.03. The van der Waals surface area contributed by atoms with Crippen molar-refractivity contribution in [3.63, 3.8) is 0 Å². The Labute approximate surface area is 198 Å². The number of carbonyl (C=O) groups is 1. The predicted octanol–water partition coefficient (Wildman–Crippen LogP) is 4.30. The molecule has 2 aliphatic heterocycles. The van der Waals surface area contributed by atoms with Gasteiger partial charge in [0.1, 0.15) is 22.3 Å². The molecule has 2 aromatic carbocycles. The normalized spacial score (nSPS) is 16.8. The van der Waals surface area contributed by atoms with E-state index in [1.165, 1.54) is 0 Å². The molecule has 2 heterocycles. The van der Waals surface area contributed by atoms with Crippen molar-refractivity contribution < 1.29 is 19.0 Å². The first-order chi connectivity index (χ1) is 16.0. The minimum atomic E-state index is -0.516. The molecule has 0 aromatic heterocycles. The summed E-state index contributed by atoms with van der Waals surface area (Å²) in [6.07, 6.45) is 3.35. The second kappa shape index (κ2) is 9.74. The molecule has 4 rings (SSSR count). The molecule has 33 heavy (non-hydrogen) atoms. The lowest BCUT2D eigenvalue weighted by Crippen LogP contribution is -2.46. The number of nitrogens with zero attached hydrogens (tertiary/aromatic N) is 3. The number of piperidine rings is 1. The van der Waals surface area contributed by atoms with Gasteiger partial charge in [-0.25, -0.2) is 9.79 Å². The largest absolute Gasteiger partial charge is 0.497 e. The highest BCUT2D eigenvalue weighted by molar-refractivity contribution is 8.15. The zero-order valence-electron chi connectivity index (χ0n) is 19.3. The van der Waals surface area contributed by atoms with Crippen molar-refractivity contribution in [2.24, 2.45) is 9.98 Å². The Kier molecular flexibility index (Phi) is 6.78. The molecular formula is C24H28N4O4S. The Hall–Kier alpha value is -3.20. The van der Waals surface area contributed by atoms with Gasteiger partial charge in [0.25, 0.3) is 0 Å². The standard InChI is InChI=1S/C24H28N4O4S/c1-30-17-7-5-16(6-8-17)21-22(33-4)27-24(26-21)11-13-28(14-12-24)23(29)25-19-15-18(31-2)9-10-20(19)32-3/h5-10,15H,11-14H2,1-4H3,(H,25,29). The predicted molar refractivity (Wildman–Crippen MR) is 133 cm³/mol. The van der Waals surface area contributed by atoms with E-state index in [-0.39, 0.29) is 6.03 Å². The van der Waals surface area contributed by atoms with Gasteiger partial charge in [-0.3, -0.25) is 4.99 Å². The second-order valence-electron chi connectivity index (χ2n) is 7.78. The lowest BCUT2D eigenvalue weighted by atomic mass is 9.98. The van der Waals surface area contributed by atoms with Crippen molar-refractivity contribution in [2.75, 3.05) is 46.0 Å². The first-order valence-corrected chi connectivity index (χ1v) is 11.9. The number of benzene rings is 2. The third-order valence-electron chi connectivity index (χ3n) is 5.89. The summed E-state index contributed by atoms with van der Waals surface area (Å²) < 4.78 is 15.9. The van der Waals surface area contributed by atoms with Crippen LogP contribution in [0.25, 0.3) is 0 Å². The third-order valence-corrected chi connectivity index (χ3v) is 6.56. The van der Waals surface area contributed by atoms with Gasteiger partial charge in [0.15, 0.2) is 5.66 Å². The van der Waals surface area contributed by atoms with Crippen LogP contribution in [0.5, 0.6) is 17.2 Å². The number of anilines is 1. The molecule has 2 aromatic rings. The highest BCUT2D eigenvalue weighted by Crippen LogP contribution is 2.36. The zero-order chi connectivity index (χ0) is 23.4. The Morgan fingerprint density at radius 2 is 1.64 bits per heavy atom. The number of rotatable bonds is 5. The fourth-order valence-corrected chi connectivity index (χ4v) is 4.62. The van der Waals surface area contributed by atoms with E-state index < -0.39 is 5.66 Å². The van der Waals surface area contributed by atoms with Crippen LogP contribution in [-0.2, 0) is 0 Å². The number of aliphatic imine (C=N–C) groups is 2. The Morgan fingerprint density at radius 1 is 0.970 bits per heavy atom. The van der Waals surface area contributed by atoms with Gasteiger partial charge >= 0.3 is 6.03 Å². The van der Waals surface area contributed by atoms with Crippen LogP contribution in [-0.4, -0.2) is 68.0 Å². The molecule has 9 heteroatoms. The molecule has 2 amide bonds. The van der Waals surface area contributed by atoms with Gasteiger partial charge in [0, 0.05) is 37.6 Å². The number of methoxy groups -OCH3 is 3. The first-order valence-electron chi connectivity index (χ1n) is 10.7. The molecular weight excluding hydrogens is 440 g/mol. The molecule has 8 nitrogen and oxygen atoms in total. The van der Waals surface area contributed by atoms with Crippen LogP contribution >= 0.6 is 11.8 Å². The van der Waals surface area contributed by atoms with Gasteiger partial charge in [-0.05, 0) is 42.7 Å². The quantitative estimate of drug-likeness (QED) is 0.707. The van der Waals surface area contributed by atoms with Crippen molar-refractivity contribution in [1.29, 1.82) is 0 Å². The summed E-state index contributed by atoms with van der Waals surface area (Å²) in [6, 6.07) is 13.0. The number of amides is 2. The molecule has 0 saturated carbocycles. The van der Waals surface area contributed by atoms with E-state index in [0.29, 0.717) is 43.1 Å². The fraction of sp³-hybridized carbons (Fsp3) is 0.375. The monoisotopic (exact) mass is 468 g/mol. The maximum Gasteiger partial charge on any atom is 0.321 e. The van der Waals surface area contributed by atoms with Gasteiger partial charge in [0.2, 0.25) is 0 Å². The SMILES string of the molecule is COc1ccc(C2=NC3(CCN(C(=O)Nc4cc(OC)ccc4OC)CC3)N=C2SC)cc1. The van der Waals surface area contributed by atoms with Crippen molar-refractivity contribution >= 4 is 34.2 Å². The van der Waals surface area contributed by atoms with E-state index in [4.69, 9.17) is 24.2 Å². The van der Waals surface area contributed by atoms with Crippen LogP contribution in [0, 0.1) is 0 Å². The molecule has 0 bridgehead atoms. The molecule has 2 aliphatic rings. The van der Waals surface area contributed by atoms with Gasteiger partial charge in [-0.15, -0.1) is 11.8 Å². The minimum absolute atomic E-state index is 0.178. The zero-order valence-corrected chi connectivity index (χ0v) is 20.1. The number of urea groups is 1. The van der Waals surface area contributed by atoms with E-state index in [0.717, 1.165) is 22.1 Å². The molecule has 0 radical (unpaired) electrons. The van der Waals surface area contributed by atoms with E-state index >= 15 is 0 Å². The average Bonchev–Trinajstić information content (AvgIpc) is 3.22. The van der Waals surface area contributed by atoms with Crippen molar-refractivity contribution in [3.8, 4) is 17.2 Å². The average molecular weight is 469 g/mol. The van der Waals surface area contributed by atoms with Crippen LogP contribution in [0.4, 0.5) is 10.5 Å². The molecule has 1 saturated heterocycles. The maximum absolute atomic E-state index is 12.9. The van der Waals surface area contributed by atoms with Gasteiger partial charge in [-0.2, -0.15) is 0 Å². The smallest absolute Gasteiger partial charge is 0.321 e. The molecule has 1 fully saturated rings. The number of ether oxygens (including phenoxy) is 3. The molecule has 174 valence electrons. The van der Waals surface area contributed by atoms with Crippen molar-refractivity contribution in [3.05, 3.63) is 48.0 Å². The summed E-state index contributed by atoms with van der Waals surface area (Å²) in [7, 11) is 4.81. The molecule has 0 unspecified atom stereocenters. The Balaban J connectivity index is 1.46. The molecule has 1 spiro atoms. The summed E-state index contributed by atoms with van der Waals surface area (Å²) in [5.41, 5.74) is 1.98. The van der Waals surface area contributed by atoms with E-state index in [9.17, 15) is 4.79 Å². The highest BCUT2D eigenvalue weighted by Gasteiger charge is 2.40. The fourth-order valence-electron chi connectivity index (χ4n) is 4.00. The minimum Gasteiger partial charge on any atom is -0.497 e. The maximum atomic E-state index is 12.9. The van der Waals surface area contributed by atoms with Crippen LogP contribution in [0.2, 0.25) is 0 Å². The molecule has 0 aliphatic carbocycles. The van der Waals surface area contributed by atoms with Crippen molar-refractivity contribution in [1.82, 2.24) is 4.90 Å². The lowest BCUT2D eigenvalue weighted by Gasteiger charge is -2.35. The lowest BCUT2D eigenvalue weighted by molar-refractivity contribution is 0.175. The van der Waals surface area contributed by atoms with Gasteiger partial charge in [0.05, 0.1) is 32.7 Å². The summed E-state index contributed by atoms with van der Waals surface area (Å²) in [5, 5.41) is 3.87. The number of carbonyl (C=O) groups excluding carboxylic acids is 1. The summed E-state index contributed by atoms with van der Waals surface area (Å²) in [4.78, 5) is 24.7. The number of nitrogens with one attached hydrogen (secondary N) is 1. The van der Waals surface area contributed by atoms with E-state index in [1.807, 2.05) is 30.5 Å². The Bertz CT molecular complexity index is 1080. The first kappa shape index (κ1) is 23.0. The number of hydrogen-bond acceptors (Lipinski definition) is 7. The highest BCUT2D eigenvalue weighted by atomic mass is 32.2. The number of likely N-dealkylation sites (tertiary alicyclic amines) is 1. The molecule has 1 N–H and O–H groups in total. The van der Waals surface area contributed by atoms with Crippen LogP contribution in [0.1, 0.15) is 18.4 Å². The summed E-state index contributed by atoms with van der Waals surface area (Å²) >= 11 is 1.60. The van der Waals surface area contributed by atoms with Gasteiger partial charge in [-0.1, -0.05) is 0 Å². The third kappa shape index (κ3) is 4.78. The van der Waals surface area contributed by atoms with Crippen LogP contribution < -0.4 is 19.5 Å². The van der Waals surface area contributed by atoms with Crippen molar-refractivity contribution in [2.45, 2.75) is 18.5 Å². The number of thioether (sulfide) groups is 1. The Morgan fingerprint density at radius 3 is 2.24 bits per heavy atom. The number of hydrogen-bond donors (Lipinski definition) is 1. The van der Waals surface area contributed by atoms with Crippen LogP contribution in [0.15, 0.2) is 52.4 Å². The van der Waals surface area contributed by atoms with E-state index in [2.05, 4.69) is 5.32 Å². The molecule has 0 atom stereocenters. The van der Waals surface area contributed by atoms with Gasteiger partial charge < -0.3 is 24.4 Å². The topological polar surface area (TPSA) is 84.8 Å².